The highest BCUT2D eigenvalue weighted by Gasteiger charge is 2.34. The number of nitrogens with one attached hydrogen (secondary N) is 2. The van der Waals surface area contributed by atoms with Crippen molar-refractivity contribution in [2.24, 2.45) is 0 Å². The van der Waals surface area contributed by atoms with E-state index in [0.29, 0.717) is 11.4 Å². The molecule has 0 fully saturated rings. The number of ketones is 2. The molecular weight excluding hydrogens is 444 g/mol. The van der Waals surface area contributed by atoms with Gasteiger partial charge in [0.25, 0.3) is 11.4 Å². The summed E-state index contributed by atoms with van der Waals surface area (Å²) in [4.78, 5) is 47.8. The van der Waals surface area contributed by atoms with Crippen molar-refractivity contribution in [3.05, 3.63) is 109 Å². The Morgan fingerprint density at radius 1 is 0.735 bits per heavy atom. The van der Waals surface area contributed by atoms with Crippen LogP contribution >= 0.6 is 0 Å². The summed E-state index contributed by atoms with van der Waals surface area (Å²) in [5.74, 6) is -0.705. The van der Waals surface area contributed by atoms with Crippen molar-refractivity contribution in [1.82, 2.24) is 0 Å². The Morgan fingerprint density at radius 2 is 1.29 bits per heavy atom. The van der Waals surface area contributed by atoms with Gasteiger partial charge < -0.3 is 15.4 Å². The fraction of sp³-hybridized carbons (Fsp3) is 0.0435. The predicted molar refractivity (Wildman–Crippen MR) is 122 cm³/mol. The monoisotopic (exact) mass is 460 g/mol. The number of benzene rings is 3. The summed E-state index contributed by atoms with van der Waals surface area (Å²) >= 11 is 0. The fourth-order valence-corrected chi connectivity index (χ4v) is 3.52. The minimum atomic E-state index is -0.813. The lowest BCUT2D eigenvalue weighted by atomic mass is 9.90. The first-order chi connectivity index (χ1) is 16.3. The first-order valence-electron chi connectivity index (χ1n) is 9.84. The van der Waals surface area contributed by atoms with Gasteiger partial charge in [-0.1, -0.05) is 36.4 Å². The lowest BCUT2D eigenvalue weighted by molar-refractivity contribution is -0.393. The summed E-state index contributed by atoms with van der Waals surface area (Å²) in [5.41, 5.74) is -1.04. The average molecular weight is 460 g/mol. The van der Waals surface area contributed by atoms with Gasteiger partial charge >= 0.3 is 0 Å². The van der Waals surface area contributed by atoms with E-state index in [0.717, 1.165) is 18.2 Å². The van der Waals surface area contributed by atoms with Gasteiger partial charge in [0.15, 0.2) is 0 Å². The number of fused-ring (bicyclic) bond motifs is 1. The third-order valence-corrected chi connectivity index (χ3v) is 5.14. The lowest BCUT2D eigenvalue weighted by Crippen LogP contribution is -2.29. The van der Waals surface area contributed by atoms with Crippen molar-refractivity contribution in [3.8, 4) is 5.75 Å². The van der Waals surface area contributed by atoms with Crippen LogP contribution in [-0.2, 0) is 0 Å². The molecule has 0 spiro atoms. The molecule has 0 saturated carbocycles. The number of nitro benzene ring substituents is 2. The van der Waals surface area contributed by atoms with Gasteiger partial charge in [-0.2, -0.15) is 0 Å². The number of anilines is 2. The van der Waals surface area contributed by atoms with Gasteiger partial charge in [-0.05, 0) is 18.2 Å². The molecule has 0 aromatic heterocycles. The largest absolute Gasteiger partial charge is 0.495 e. The number of hydrogen-bond donors (Lipinski definition) is 2. The molecule has 1 aliphatic rings. The third kappa shape index (κ3) is 3.93. The maximum absolute atomic E-state index is 13.4. The summed E-state index contributed by atoms with van der Waals surface area (Å²) in [6, 6.07) is 15.8. The van der Waals surface area contributed by atoms with Crippen molar-refractivity contribution in [3.63, 3.8) is 0 Å². The van der Waals surface area contributed by atoms with E-state index >= 15 is 0 Å². The van der Waals surface area contributed by atoms with Crippen LogP contribution in [0.3, 0.4) is 0 Å². The summed E-state index contributed by atoms with van der Waals surface area (Å²) in [6.07, 6.45) is 0. The van der Waals surface area contributed by atoms with Gasteiger partial charge in [-0.15, -0.1) is 0 Å². The van der Waals surface area contributed by atoms with E-state index in [2.05, 4.69) is 10.6 Å². The fourth-order valence-electron chi connectivity index (χ4n) is 3.52. The molecular formula is C23H16N4O7. The van der Waals surface area contributed by atoms with Gasteiger partial charge in [0, 0.05) is 17.2 Å². The number of methoxy groups -OCH3 is 1. The number of allylic oxidation sites excluding steroid dienone is 2. The molecule has 1 aliphatic carbocycles. The Hall–Kier alpha value is -5.06. The number of nitrogens with zero attached hydrogens (tertiary/aromatic N) is 2. The lowest BCUT2D eigenvalue weighted by Gasteiger charge is -2.23. The second-order valence-electron chi connectivity index (χ2n) is 7.12. The van der Waals surface area contributed by atoms with E-state index in [4.69, 9.17) is 4.74 Å². The Morgan fingerprint density at radius 3 is 1.85 bits per heavy atom. The van der Waals surface area contributed by atoms with Gasteiger partial charge in [-0.25, -0.2) is 0 Å². The SMILES string of the molecule is COc1ccccc1NC1=C(Nc2ccc([N+](=O)[O-])cc2[N+](=O)[O-])C(=O)c2ccccc2C1=O. The quantitative estimate of drug-likeness (QED) is 0.387. The summed E-state index contributed by atoms with van der Waals surface area (Å²) in [5, 5.41) is 28.2. The topological polar surface area (TPSA) is 154 Å². The normalized spacial score (nSPS) is 12.7. The number of nitro groups is 2. The number of carbonyl (C=O) groups excluding carboxylic acids is 2. The molecule has 4 rings (SSSR count). The second-order valence-corrected chi connectivity index (χ2v) is 7.12. The maximum Gasteiger partial charge on any atom is 0.299 e. The Kier molecular flexibility index (Phi) is 5.75. The zero-order valence-corrected chi connectivity index (χ0v) is 17.6. The Bertz CT molecular complexity index is 1400. The molecule has 11 heteroatoms. The average Bonchev–Trinajstić information content (AvgIpc) is 2.84. The van der Waals surface area contributed by atoms with Gasteiger partial charge in [0.1, 0.15) is 22.8 Å². The first kappa shape index (κ1) is 22.1. The van der Waals surface area contributed by atoms with Crippen molar-refractivity contribution in [2.45, 2.75) is 0 Å². The van der Waals surface area contributed by atoms with E-state index in [1.54, 1.807) is 36.4 Å². The van der Waals surface area contributed by atoms with Crippen LogP contribution in [0.4, 0.5) is 22.7 Å². The van der Waals surface area contributed by atoms with Crippen LogP contribution in [0, 0.1) is 20.2 Å². The van der Waals surface area contributed by atoms with E-state index < -0.39 is 32.8 Å². The highest BCUT2D eigenvalue weighted by molar-refractivity contribution is 6.28. The zero-order valence-electron chi connectivity index (χ0n) is 17.6. The molecule has 0 unspecified atom stereocenters. The van der Waals surface area contributed by atoms with Gasteiger partial charge in [-0.3, -0.25) is 29.8 Å². The zero-order chi connectivity index (χ0) is 24.4. The van der Waals surface area contributed by atoms with Gasteiger partial charge in [0.05, 0.1) is 28.7 Å². The first-order valence-corrected chi connectivity index (χ1v) is 9.84. The van der Waals surface area contributed by atoms with Crippen molar-refractivity contribution in [1.29, 1.82) is 0 Å². The van der Waals surface area contributed by atoms with Crippen LogP contribution in [0.15, 0.2) is 78.1 Å². The third-order valence-electron chi connectivity index (χ3n) is 5.14. The number of Topliss-reactive ketones (excluding diaryl/α,β-unsaturated/α-hetero) is 2. The van der Waals surface area contributed by atoms with E-state index in [-0.39, 0.29) is 28.2 Å². The maximum atomic E-state index is 13.4. The van der Waals surface area contributed by atoms with E-state index in [9.17, 15) is 29.8 Å². The molecule has 0 aliphatic heterocycles. The molecule has 0 saturated heterocycles. The van der Waals surface area contributed by atoms with Crippen LogP contribution in [0.5, 0.6) is 5.75 Å². The molecule has 0 amide bonds. The summed E-state index contributed by atoms with van der Waals surface area (Å²) in [7, 11) is 1.44. The molecule has 3 aromatic rings. The molecule has 11 nitrogen and oxygen atoms in total. The van der Waals surface area contributed by atoms with E-state index in [1.807, 2.05) is 0 Å². The van der Waals surface area contributed by atoms with Crippen molar-refractivity contribution in [2.75, 3.05) is 17.7 Å². The van der Waals surface area contributed by atoms with Crippen LogP contribution in [0.1, 0.15) is 20.7 Å². The standard InChI is InChI=1S/C23H16N4O7/c1-34-19-9-5-4-8-17(19)25-21-20(22(28)14-6-2-3-7-15(14)23(21)29)24-16-11-10-13(26(30)31)12-18(16)27(32)33/h2-12,24-25H,1H3. The highest BCUT2D eigenvalue weighted by atomic mass is 16.6. The number of ether oxygens (including phenoxy) is 1. The minimum Gasteiger partial charge on any atom is -0.495 e. The molecule has 3 aromatic carbocycles. The number of non-ortho nitro benzene ring substituents is 1. The predicted octanol–water partition coefficient (Wildman–Crippen LogP) is 4.33. The van der Waals surface area contributed by atoms with Crippen LogP contribution < -0.4 is 15.4 Å². The van der Waals surface area contributed by atoms with Crippen molar-refractivity contribution >= 4 is 34.3 Å². The molecule has 0 radical (unpaired) electrons. The smallest absolute Gasteiger partial charge is 0.299 e. The molecule has 2 N–H and O–H groups in total. The Labute approximate surface area is 192 Å². The van der Waals surface area contributed by atoms with Crippen LogP contribution in [0.2, 0.25) is 0 Å². The summed E-state index contributed by atoms with van der Waals surface area (Å²) < 4.78 is 5.30. The van der Waals surface area contributed by atoms with Gasteiger partial charge in [0.2, 0.25) is 11.6 Å². The summed E-state index contributed by atoms with van der Waals surface area (Å²) in [6.45, 7) is 0. The molecule has 0 bridgehead atoms. The molecule has 0 heterocycles. The van der Waals surface area contributed by atoms with Crippen LogP contribution in [-0.4, -0.2) is 28.5 Å². The molecule has 34 heavy (non-hydrogen) atoms. The second kappa shape index (κ2) is 8.82. The number of rotatable bonds is 7. The number of carbonyl (C=O) groups is 2. The Balaban J connectivity index is 1.88. The number of hydrogen-bond acceptors (Lipinski definition) is 9. The molecule has 0 atom stereocenters. The molecule has 170 valence electrons. The number of para-hydroxylation sites is 2. The van der Waals surface area contributed by atoms with Crippen molar-refractivity contribution < 1.29 is 24.2 Å². The minimum absolute atomic E-state index is 0.116. The van der Waals surface area contributed by atoms with Crippen LogP contribution in [0.25, 0.3) is 0 Å². The highest BCUT2D eigenvalue weighted by Crippen LogP contribution is 2.35. The van der Waals surface area contributed by atoms with E-state index in [1.165, 1.54) is 19.2 Å².